The number of thiazole rings is 1. The maximum absolute atomic E-state index is 5.44. The van der Waals surface area contributed by atoms with Gasteiger partial charge in [-0.3, -0.25) is 0 Å². The van der Waals surface area contributed by atoms with Crippen LogP contribution in [0.1, 0.15) is 23.5 Å². The summed E-state index contributed by atoms with van der Waals surface area (Å²) in [5.41, 5.74) is 6.63. The lowest BCUT2D eigenvalue weighted by Crippen LogP contribution is -2.00. The number of hydrogen-bond acceptors (Lipinski definition) is 4. The molecular formula is C10H18N2OS. The Bertz CT molecular complexity index is 250. The second-order valence-electron chi connectivity index (χ2n) is 3.22. The summed E-state index contributed by atoms with van der Waals surface area (Å²) < 4.78 is 5.00. The molecule has 0 unspecified atom stereocenters. The van der Waals surface area contributed by atoms with E-state index in [1.807, 2.05) is 0 Å². The van der Waals surface area contributed by atoms with E-state index in [2.05, 4.69) is 10.4 Å². The number of methoxy groups -OCH3 is 1. The molecule has 0 fully saturated rings. The largest absolute Gasteiger partial charge is 0.385 e. The highest BCUT2D eigenvalue weighted by Crippen LogP contribution is 2.12. The second kappa shape index (κ2) is 6.92. The zero-order chi connectivity index (χ0) is 10.2. The van der Waals surface area contributed by atoms with Gasteiger partial charge in [-0.15, -0.1) is 11.3 Å². The molecule has 0 bridgehead atoms. The number of nitrogens with zero attached hydrogens (tertiary/aromatic N) is 1. The highest BCUT2D eigenvalue weighted by Gasteiger charge is 2.01. The molecule has 0 radical (unpaired) electrons. The number of nitrogens with two attached hydrogens (primary N) is 1. The normalized spacial score (nSPS) is 10.7. The predicted octanol–water partition coefficient (Wildman–Crippen LogP) is 1.61. The Hall–Kier alpha value is -0.450. The predicted molar refractivity (Wildman–Crippen MR) is 59.7 cm³/mol. The standard InChI is InChI=1S/C10H18N2OS/c1-13-7-3-5-10-12-9(8-14-10)4-2-6-11/h8H,2-7,11H2,1H3. The van der Waals surface area contributed by atoms with Gasteiger partial charge in [0.15, 0.2) is 0 Å². The highest BCUT2D eigenvalue weighted by atomic mass is 32.1. The summed E-state index contributed by atoms with van der Waals surface area (Å²) in [6.07, 6.45) is 4.12. The van der Waals surface area contributed by atoms with Gasteiger partial charge >= 0.3 is 0 Å². The van der Waals surface area contributed by atoms with Crippen LogP contribution in [0.3, 0.4) is 0 Å². The summed E-state index contributed by atoms with van der Waals surface area (Å²) in [6, 6.07) is 0. The second-order valence-corrected chi connectivity index (χ2v) is 4.16. The average molecular weight is 214 g/mol. The molecule has 0 saturated heterocycles. The van der Waals surface area contributed by atoms with Gasteiger partial charge in [0.05, 0.1) is 10.7 Å². The van der Waals surface area contributed by atoms with Crippen molar-refractivity contribution in [2.45, 2.75) is 25.7 Å². The molecule has 0 amide bonds. The average Bonchev–Trinajstić information content (AvgIpc) is 2.63. The molecule has 0 saturated carbocycles. The van der Waals surface area contributed by atoms with E-state index in [9.17, 15) is 0 Å². The van der Waals surface area contributed by atoms with Gasteiger partial charge in [0.1, 0.15) is 0 Å². The number of ether oxygens (including phenoxy) is 1. The third-order valence-electron chi connectivity index (χ3n) is 1.98. The monoisotopic (exact) mass is 214 g/mol. The Labute approximate surface area is 89.3 Å². The van der Waals surface area contributed by atoms with Crippen LogP contribution in [0.5, 0.6) is 0 Å². The van der Waals surface area contributed by atoms with E-state index in [-0.39, 0.29) is 0 Å². The Kier molecular flexibility index (Phi) is 5.75. The van der Waals surface area contributed by atoms with Gasteiger partial charge in [0.25, 0.3) is 0 Å². The van der Waals surface area contributed by atoms with Crippen LogP contribution >= 0.6 is 11.3 Å². The third-order valence-corrected chi connectivity index (χ3v) is 2.93. The zero-order valence-corrected chi connectivity index (χ0v) is 9.48. The van der Waals surface area contributed by atoms with Crippen LogP contribution in [0, 0.1) is 0 Å². The van der Waals surface area contributed by atoms with Crippen LogP contribution in [0.15, 0.2) is 5.38 Å². The first kappa shape index (κ1) is 11.6. The number of rotatable bonds is 7. The van der Waals surface area contributed by atoms with Gasteiger partial charge < -0.3 is 10.5 Å². The van der Waals surface area contributed by atoms with E-state index in [0.717, 1.165) is 38.8 Å². The van der Waals surface area contributed by atoms with E-state index in [4.69, 9.17) is 10.5 Å². The molecule has 4 heteroatoms. The van der Waals surface area contributed by atoms with Gasteiger partial charge in [0.2, 0.25) is 0 Å². The summed E-state index contributed by atoms with van der Waals surface area (Å²) in [7, 11) is 1.73. The first-order valence-electron chi connectivity index (χ1n) is 4.99. The minimum absolute atomic E-state index is 0.747. The molecule has 0 spiro atoms. The van der Waals surface area contributed by atoms with Crippen LogP contribution in [-0.2, 0) is 17.6 Å². The minimum atomic E-state index is 0.747. The first-order chi connectivity index (χ1) is 6.86. The fourth-order valence-electron chi connectivity index (χ4n) is 1.23. The van der Waals surface area contributed by atoms with E-state index < -0.39 is 0 Å². The van der Waals surface area contributed by atoms with E-state index in [1.54, 1.807) is 18.4 Å². The lowest BCUT2D eigenvalue weighted by molar-refractivity contribution is 0.195. The van der Waals surface area contributed by atoms with Crippen molar-refractivity contribution < 1.29 is 4.74 Å². The number of hydrogen-bond donors (Lipinski definition) is 1. The molecule has 2 N–H and O–H groups in total. The molecule has 3 nitrogen and oxygen atoms in total. The molecule has 1 aromatic heterocycles. The van der Waals surface area contributed by atoms with Gasteiger partial charge in [0, 0.05) is 25.5 Å². The van der Waals surface area contributed by atoms with Gasteiger partial charge in [-0.2, -0.15) is 0 Å². The van der Waals surface area contributed by atoms with Crippen molar-refractivity contribution in [2.75, 3.05) is 20.3 Å². The molecule has 0 atom stereocenters. The van der Waals surface area contributed by atoms with Crippen molar-refractivity contribution in [3.63, 3.8) is 0 Å². The third kappa shape index (κ3) is 4.17. The van der Waals surface area contributed by atoms with Crippen molar-refractivity contribution in [2.24, 2.45) is 5.73 Å². The van der Waals surface area contributed by atoms with Crippen LogP contribution in [0.25, 0.3) is 0 Å². The fraction of sp³-hybridized carbons (Fsp3) is 0.700. The lowest BCUT2D eigenvalue weighted by atomic mass is 10.2. The molecule has 0 aliphatic carbocycles. The summed E-state index contributed by atoms with van der Waals surface area (Å²) >= 11 is 1.74. The van der Waals surface area contributed by atoms with Crippen LogP contribution < -0.4 is 5.73 Å². The van der Waals surface area contributed by atoms with Crippen LogP contribution in [0.2, 0.25) is 0 Å². The minimum Gasteiger partial charge on any atom is -0.385 e. The molecule has 0 aliphatic heterocycles. The van der Waals surface area contributed by atoms with E-state index >= 15 is 0 Å². The maximum Gasteiger partial charge on any atom is 0.0929 e. The first-order valence-corrected chi connectivity index (χ1v) is 5.87. The zero-order valence-electron chi connectivity index (χ0n) is 8.66. The molecule has 14 heavy (non-hydrogen) atoms. The Morgan fingerprint density at radius 3 is 3.00 bits per heavy atom. The van der Waals surface area contributed by atoms with Crippen molar-refractivity contribution in [1.29, 1.82) is 0 Å². The van der Waals surface area contributed by atoms with Crippen molar-refractivity contribution in [3.05, 3.63) is 16.1 Å². The van der Waals surface area contributed by atoms with Gasteiger partial charge in [-0.1, -0.05) is 0 Å². The number of aryl methyl sites for hydroxylation is 2. The van der Waals surface area contributed by atoms with Crippen molar-refractivity contribution in [3.8, 4) is 0 Å². The van der Waals surface area contributed by atoms with Crippen molar-refractivity contribution in [1.82, 2.24) is 4.98 Å². The van der Waals surface area contributed by atoms with Gasteiger partial charge in [-0.05, 0) is 25.8 Å². The topological polar surface area (TPSA) is 48.1 Å². The Balaban J connectivity index is 2.27. The van der Waals surface area contributed by atoms with Crippen LogP contribution in [-0.4, -0.2) is 25.2 Å². The summed E-state index contributed by atoms with van der Waals surface area (Å²) in [6.45, 7) is 1.56. The summed E-state index contributed by atoms with van der Waals surface area (Å²) in [5, 5.41) is 3.35. The fourth-order valence-corrected chi connectivity index (χ4v) is 2.10. The SMILES string of the molecule is COCCCc1nc(CCCN)cs1. The quantitative estimate of drug-likeness (QED) is 0.702. The Morgan fingerprint density at radius 1 is 1.43 bits per heavy atom. The van der Waals surface area contributed by atoms with Gasteiger partial charge in [-0.25, -0.2) is 4.98 Å². The highest BCUT2D eigenvalue weighted by molar-refractivity contribution is 7.09. The Morgan fingerprint density at radius 2 is 2.29 bits per heavy atom. The van der Waals surface area contributed by atoms with E-state index in [0.29, 0.717) is 0 Å². The van der Waals surface area contributed by atoms with Crippen LogP contribution in [0.4, 0.5) is 0 Å². The molecule has 0 aliphatic rings. The molecule has 1 heterocycles. The summed E-state index contributed by atoms with van der Waals surface area (Å²) in [4.78, 5) is 4.53. The summed E-state index contributed by atoms with van der Waals surface area (Å²) in [5.74, 6) is 0. The van der Waals surface area contributed by atoms with E-state index in [1.165, 1.54) is 10.7 Å². The molecular weight excluding hydrogens is 196 g/mol. The molecule has 1 aromatic rings. The number of aromatic nitrogens is 1. The van der Waals surface area contributed by atoms with Crippen molar-refractivity contribution >= 4 is 11.3 Å². The molecule has 80 valence electrons. The maximum atomic E-state index is 5.44. The lowest BCUT2D eigenvalue weighted by Gasteiger charge is -1.95. The molecule has 0 aromatic carbocycles. The molecule has 1 rings (SSSR count). The smallest absolute Gasteiger partial charge is 0.0929 e.